The number of nitrogens with zero attached hydrogens (tertiary/aromatic N) is 2. The molecule has 0 aliphatic heterocycles. The summed E-state index contributed by atoms with van der Waals surface area (Å²) >= 11 is 0. The Morgan fingerprint density at radius 1 is 1.19 bits per heavy atom. The highest BCUT2D eigenvalue weighted by Gasteiger charge is 2.39. The van der Waals surface area contributed by atoms with Crippen LogP contribution in [0.3, 0.4) is 0 Å². The van der Waals surface area contributed by atoms with Crippen LogP contribution in [0.4, 0.5) is 0 Å². The Morgan fingerprint density at radius 2 is 1.81 bits per heavy atom. The van der Waals surface area contributed by atoms with E-state index in [0.29, 0.717) is 11.1 Å². The van der Waals surface area contributed by atoms with E-state index < -0.39 is 0 Å². The fraction of sp³-hybridized carbons (Fsp3) is 0.588. The fourth-order valence-electron chi connectivity index (χ4n) is 3.07. The monoisotopic (exact) mass is 290 g/mol. The molecule has 21 heavy (non-hydrogen) atoms. The summed E-state index contributed by atoms with van der Waals surface area (Å²) in [5.74, 6) is -0.282. The van der Waals surface area contributed by atoms with E-state index in [9.17, 15) is 4.79 Å². The van der Waals surface area contributed by atoms with Gasteiger partial charge in [0, 0.05) is 18.6 Å². The van der Waals surface area contributed by atoms with Crippen molar-refractivity contribution in [1.82, 2.24) is 9.80 Å². The molecule has 116 valence electrons. The molecule has 0 unspecified atom stereocenters. The van der Waals surface area contributed by atoms with Crippen LogP contribution in [0.25, 0.3) is 0 Å². The van der Waals surface area contributed by atoms with Crippen molar-refractivity contribution in [3.63, 3.8) is 0 Å². The van der Waals surface area contributed by atoms with Crippen LogP contribution < -0.4 is 0 Å². The lowest BCUT2D eigenvalue weighted by Gasteiger charge is -2.49. The second kappa shape index (κ2) is 6.58. The van der Waals surface area contributed by atoms with Crippen LogP contribution in [0.2, 0.25) is 0 Å². The Labute approximate surface area is 127 Å². The molecule has 0 atom stereocenters. The number of hydrogen-bond donors (Lipinski definition) is 0. The van der Waals surface area contributed by atoms with Crippen LogP contribution in [0.1, 0.15) is 35.2 Å². The molecule has 0 aromatic heterocycles. The first-order valence-electron chi connectivity index (χ1n) is 7.50. The number of esters is 1. The van der Waals surface area contributed by atoms with E-state index in [-0.39, 0.29) is 5.97 Å². The standard InChI is InChI=1S/C17H26N2O2/c1-18(2)17(10-5-11-17)13-19(3)12-14-6-8-15(9-7-14)16(20)21-4/h6-9H,5,10-13H2,1-4H3. The molecule has 1 saturated carbocycles. The lowest BCUT2D eigenvalue weighted by atomic mass is 9.75. The predicted molar refractivity (Wildman–Crippen MR) is 84.4 cm³/mol. The van der Waals surface area contributed by atoms with Gasteiger partial charge in [0.25, 0.3) is 0 Å². The average Bonchev–Trinajstić information content (AvgIpc) is 2.42. The Balaban J connectivity index is 1.93. The molecule has 1 aliphatic carbocycles. The van der Waals surface area contributed by atoms with Crippen LogP contribution in [-0.4, -0.2) is 56.1 Å². The van der Waals surface area contributed by atoms with E-state index in [4.69, 9.17) is 4.74 Å². The zero-order chi connectivity index (χ0) is 15.5. The largest absolute Gasteiger partial charge is 0.465 e. The number of carbonyl (C=O) groups excluding carboxylic acids is 1. The first-order chi connectivity index (χ1) is 9.97. The molecule has 1 fully saturated rings. The maximum absolute atomic E-state index is 11.4. The third-order valence-corrected chi connectivity index (χ3v) is 4.62. The van der Waals surface area contributed by atoms with E-state index in [1.165, 1.54) is 31.9 Å². The summed E-state index contributed by atoms with van der Waals surface area (Å²) in [6.45, 7) is 1.98. The number of benzene rings is 1. The van der Waals surface area contributed by atoms with E-state index in [1.54, 1.807) is 0 Å². The smallest absolute Gasteiger partial charge is 0.337 e. The predicted octanol–water partition coefficient (Wildman–Crippen LogP) is 2.39. The SMILES string of the molecule is COC(=O)c1ccc(CN(C)CC2(N(C)C)CCC2)cc1. The van der Waals surface area contributed by atoms with E-state index in [2.05, 4.69) is 30.9 Å². The van der Waals surface area contributed by atoms with Gasteiger partial charge in [-0.25, -0.2) is 4.79 Å². The van der Waals surface area contributed by atoms with E-state index >= 15 is 0 Å². The Morgan fingerprint density at radius 3 is 2.24 bits per heavy atom. The third-order valence-electron chi connectivity index (χ3n) is 4.62. The van der Waals surface area contributed by atoms with Crippen LogP contribution in [0.5, 0.6) is 0 Å². The van der Waals surface area contributed by atoms with Gasteiger partial charge in [0.1, 0.15) is 0 Å². The summed E-state index contributed by atoms with van der Waals surface area (Å²) in [6.07, 6.45) is 3.90. The van der Waals surface area contributed by atoms with Gasteiger partial charge in [-0.2, -0.15) is 0 Å². The maximum Gasteiger partial charge on any atom is 0.337 e. The molecule has 2 rings (SSSR count). The zero-order valence-corrected chi connectivity index (χ0v) is 13.6. The topological polar surface area (TPSA) is 32.8 Å². The zero-order valence-electron chi connectivity index (χ0n) is 13.6. The molecule has 0 radical (unpaired) electrons. The maximum atomic E-state index is 11.4. The van der Waals surface area contributed by atoms with Gasteiger partial charge in [-0.15, -0.1) is 0 Å². The molecular weight excluding hydrogens is 264 g/mol. The van der Waals surface area contributed by atoms with Gasteiger partial charge in [-0.05, 0) is 58.1 Å². The molecule has 1 aromatic rings. The van der Waals surface area contributed by atoms with Crippen molar-refractivity contribution in [3.05, 3.63) is 35.4 Å². The van der Waals surface area contributed by atoms with Crippen LogP contribution in [0, 0.1) is 0 Å². The van der Waals surface area contributed by atoms with Crippen molar-refractivity contribution in [1.29, 1.82) is 0 Å². The lowest BCUT2D eigenvalue weighted by molar-refractivity contribution is 0.0259. The normalized spacial score (nSPS) is 16.9. The van der Waals surface area contributed by atoms with Crippen LogP contribution in [0.15, 0.2) is 24.3 Å². The summed E-state index contributed by atoms with van der Waals surface area (Å²) in [6, 6.07) is 7.68. The Bertz CT molecular complexity index is 478. The second-order valence-electron chi connectivity index (χ2n) is 6.33. The molecule has 4 nitrogen and oxygen atoms in total. The highest BCUT2D eigenvalue weighted by Crippen LogP contribution is 2.36. The molecule has 0 amide bonds. The highest BCUT2D eigenvalue weighted by atomic mass is 16.5. The third kappa shape index (κ3) is 3.63. The van der Waals surface area contributed by atoms with Crippen molar-refractivity contribution in [2.45, 2.75) is 31.3 Å². The van der Waals surface area contributed by atoms with Crippen LogP contribution >= 0.6 is 0 Å². The number of methoxy groups -OCH3 is 1. The van der Waals surface area contributed by atoms with Gasteiger partial charge in [0.2, 0.25) is 0 Å². The second-order valence-corrected chi connectivity index (χ2v) is 6.33. The number of hydrogen-bond acceptors (Lipinski definition) is 4. The van der Waals surface area contributed by atoms with Gasteiger partial charge >= 0.3 is 5.97 Å². The van der Waals surface area contributed by atoms with E-state index in [1.807, 2.05) is 24.3 Å². The number of rotatable bonds is 6. The molecule has 0 bridgehead atoms. The fourth-order valence-corrected chi connectivity index (χ4v) is 3.07. The summed E-state index contributed by atoms with van der Waals surface area (Å²) in [7, 11) is 7.93. The van der Waals surface area contributed by atoms with Gasteiger partial charge in [-0.3, -0.25) is 0 Å². The van der Waals surface area contributed by atoms with Gasteiger partial charge in [-0.1, -0.05) is 12.1 Å². The number of carbonyl (C=O) groups is 1. The van der Waals surface area contributed by atoms with E-state index in [0.717, 1.165) is 13.1 Å². The Kier molecular flexibility index (Phi) is 5.01. The molecular formula is C17H26N2O2. The number of ether oxygens (including phenoxy) is 1. The Hall–Kier alpha value is -1.39. The first-order valence-corrected chi connectivity index (χ1v) is 7.50. The minimum absolute atomic E-state index is 0.282. The number of likely N-dealkylation sites (N-methyl/N-ethyl adjacent to an activating group) is 2. The minimum Gasteiger partial charge on any atom is -0.465 e. The van der Waals surface area contributed by atoms with Crippen molar-refractivity contribution >= 4 is 5.97 Å². The molecule has 0 heterocycles. The lowest BCUT2D eigenvalue weighted by Crippen LogP contribution is -2.56. The first kappa shape index (κ1) is 16.0. The minimum atomic E-state index is -0.282. The van der Waals surface area contributed by atoms with Crippen LogP contribution in [-0.2, 0) is 11.3 Å². The van der Waals surface area contributed by atoms with Gasteiger partial charge in [0.05, 0.1) is 12.7 Å². The van der Waals surface area contributed by atoms with Crippen molar-refractivity contribution in [2.24, 2.45) is 0 Å². The van der Waals surface area contributed by atoms with Crippen molar-refractivity contribution in [2.75, 3.05) is 34.8 Å². The van der Waals surface area contributed by atoms with Gasteiger partial charge < -0.3 is 14.5 Å². The summed E-state index contributed by atoms with van der Waals surface area (Å²) in [4.78, 5) is 16.2. The van der Waals surface area contributed by atoms with Crippen molar-refractivity contribution in [3.8, 4) is 0 Å². The molecule has 1 aliphatic rings. The summed E-state index contributed by atoms with van der Waals surface area (Å²) in [5, 5.41) is 0. The molecule has 0 N–H and O–H groups in total. The van der Waals surface area contributed by atoms with Crippen molar-refractivity contribution < 1.29 is 9.53 Å². The molecule has 0 spiro atoms. The summed E-state index contributed by atoms with van der Waals surface area (Å²) < 4.78 is 4.72. The average molecular weight is 290 g/mol. The summed E-state index contributed by atoms with van der Waals surface area (Å²) in [5.41, 5.74) is 2.17. The molecule has 1 aromatic carbocycles. The van der Waals surface area contributed by atoms with Gasteiger partial charge in [0.15, 0.2) is 0 Å². The molecule has 4 heteroatoms. The highest BCUT2D eigenvalue weighted by molar-refractivity contribution is 5.89. The quantitative estimate of drug-likeness (QED) is 0.753. The molecule has 0 saturated heterocycles.